The number of ether oxygens (including phenoxy) is 2. The van der Waals surface area contributed by atoms with Crippen molar-refractivity contribution in [2.75, 3.05) is 13.1 Å². The van der Waals surface area contributed by atoms with Gasteiger partial charge in [0.2, 0.25) is 23.3 Å². The number of phenols is 1. The molecule has 0 saturated carbocycles. The third kappa shape index (κ3) is 5.64. The number of nitrogens with one attached hydrogen (secondary N) is 1. The van der Waals surface area contributed by atoms with E-state index >= 15 is 0 Å². The van der Waals surface area contributed by atoms with E-state index in [2.05, 4.69) is 5.32 Å². The summed E-state index contributed by atoms with van der Waals surface area (Å²) in [5.74, 6) is -3.11. The number of benzene rings is 1. The normalized spacial score (nSPS) is 19.6. The SMILES string of the molecule is CCc1c2c(nc3ccc(O)cc13)-c1cc3c(c(=O)n1C2)COC(=O)[C@@]3(CC)OC(=O)CNC(=O)CCN1C(=O)CC(C(CC)CC)C1=O. The number of rotatable bonds is 11. The van der Waals surface area contributed by atoms with Crippen LogP contribution in [-0.2, 0) is 58.6 Å². The standard InChI is InChI=1S/C36H40N4O9/c1-5-19(6-2)22-14-30(43)39(33(22)45)12-11-29(42)37-16-31(44)49-36(8-4)26-15-28-32-24(17-40(28)34(46)25(26)18-48-35(36)47)21(7-3)23-13-20(41)9-10-27(23)38-32/h9-10,13,15,19,22,41H,5-8,11-12,14,16-18H2,1-4H3,(H,37,42)/t22?,36-/m0/s1. The van der Waals surface area contributed by atoms with Gasteiger partial charge in [-0.05, 0) is 48.6 Å². The summed E-state index contributed by atoms with van der Waals surface area (Å²) < 4.78 is 12.8. The second kappa shape index (κ2) is 13.1. The number of hydrogen-bond donors (Lipinski definition) is 2. The number of esters is 2. The highest BCUT2D eigenvalue weighted by Crippen LogP contribution is 2.42. The minimum atomic E-state index is -1.94. The zero-order valence-corrected chi connectivity index (χ0v) is 28.1. The van der Waals surface area contributed by atoms with Crippen molar-refractivity contribution in [1.29, 1.82) is 0 Å². The lowest BCUT2D eigenvalue weighted by atomic mass is 9.85. The van der Waals surface area contributed by atoms with Crippen LogP contribution in [0.15, 0.2) is 29.1 Å². The lowest BCUT2D eigenvalue weighted by Gasteiger charge is -2.35. The molecular formula is C36H40N4O9. The lowest BCUT2D eigenvalue weighted by Crippen LogP contribution is -2.48. The highest BCUT2D eigenvalue weighted by Gasteiger charge is 2.50. The number of aromatic nitrogens is 2. The predicted octanol–water partition coefficient (Wildman–Crippen LogP) is 3.22. The molecule has 1 unspecified atom stereocenters. The van der Waals surface area contributed by atoms with Crippen molar-refractivity contribution in [3.05, 3.63) is 56.9 Å². The van der Waals surface area contributed by atoms with E-state index in [1.165, 1.54) is 0 Å². The quantitative estimate of drug-likeness (QED) is 0.178. The Morgan fingerprint density at radius 2 is 1.86 bits per heavy atom. The maximum atomic E-state index is 13.9. The average molecular weight is 673 g/mol. The molecule has 0 bridgehead atoms. The summed E-state index contributed by atoms with van der Waals surface area (Å²) in [7, 11) is 0. The van der Waals surface area contributed by atoms with Crippen molar-refractivity contribution in [3.8, 4) is 17.1 Å². The van der Waals surface area contributed by atoms with Gasteiger partial charge in [-0.1, -0.05) is 40.5 Å². The number of carbonyl (C=O) groups excluding carboxylic acids is 5. The zero-order chi connectivity index (χ0) is 35.2. The minimum Gasteiger partial charge on any atom is -0.508 e. The Kier molecular flexibility index (Phi) is 9.03. The van der Waals surface area contributed by atoms with Crippen LogP contribution in [0.5, 0.6) is 5.75 Å². The van der Waals surface area contributed by atoms with Gasteiger partial charge in [0.15, 0.2) is 0 Å². The first kappa shape index (κ1) is 33.8. The molecule has 13 heteroatoms. The number of amides is 3. The number of fused-ring (bicyclic) bond motifs is 5. The molecule has 1 aromatic carbocycles. The number of hydrogen-bond acceptors (Lipinski definition) is 10. The van der Waals surface area contributed by atoms with Crippen LogP contribution in [0.2, 0.25) is 0 Å². The fraction of sp³-hybridized carbons (Fsp3) is 0.472. The molecule has 5 heterocycles. The summed E-state index contributed by atoms with van der Waals surface area (Å²) in [6.07, 6.45) is 2.06. The Bertz CT molecular complexity index is 1960. The summed E-state index contributed by atoms with van der Waals surface area (Å²) in [5, 5.41) is 13.4. The fourth-order valence-corrected chi connectivity index (χ4v) is 7.58. The minimum absolute atomic E-state index is 0.0459. The Labute approximate surface area is 282 Å². The van der Waals surface area contributed by atoms with E-state index in [-0.39, 0.29) is 79.5 Å². The molecule has 3 aliphatic rings. The van der Waals surface area contributed by atoms with Gasteiger partial charge in [-0.3, -0.25) is 28.9 Å². The molecule has 1 saturated heterocycles. The monoisotopic (exact) mass is 672 g/mol. The number of aromatic hydroxyl groups is 1. The number of carbonyl (C=O) groups is 5. The highest BCUT2D eigenvalue weighted by molar-refractivity contribution is 6.04. The Hall–Kier alpha value is -5.07. The van der Waals surface area contributed by atoms with Crippen molar-refractivity contribution >= 4 is 40.6 Å². The van der Waals surface area contributed by atoms with Crippen LogP contribution in [0.1, 0.15) is 82.1 Å². The number of pyridine rings is 2. The summed E-state index contributed by atoms with van der Waals surface area (Å²) in [4.78, 5) is 84.4. The van der Waals surface area contributed by atoms with E-state index < -0.39 is 35.6 Å². The van der Waals surface area contributed by atoms with Crippen LogP contribution in [0.25, 0.3) is 22.3 Å². The predicted molar refractivity (Wildman–Crippen MR) is 176 cm³/mol. The van der Waals surface area contributed by atoms with Gasteiger partial charge in [-0.2, -0.15) is 0 Å². The molecule has 2 N–H and O–H groups in total. The van der Waals surface area contributed by atoms with E-state index in [9.17, 15) is 33.9 Å². The van der Waals surface area contributed by atoms with E-state index in [0.29, 0.717) is 23.3 Å². The molecular weight excluding hydrogens is 632 g/mol. The van der Waals surface area contributed by atoms with Crippen LogP contribution >= 0.6 is 0 Å². The molecule has 0 aliphatic carbocycles. The van der Waals surface area contributed by atoms with Gasteiger partial charge in [0.05, 0.1) is 34.9 Å². The van der Waals surface area contributed by atoms with Crippen molar-refractivity contribution in [2.24, 2.45) is 11.8 Å². The number of phenolic OH excluding ortho intramolecular Hbond substituents is 1. The highest BCUT2D eigenvalue weighted by atomic mass is 16.6. The van der Waals surface area contributed by atoms with E-state index in [1.54, 1.807) is 35.8 Å². The second-order valence-electron chi connectivity index (χ2n) is 12.8. The first-order chi connectivity index (χ1) is 23.5. The molecule has 0 spiro atoms. The van der Waals surface area contributed by atoms with Gasteiger partial charge < -0.3 is 24.5 Å². The number of aryl methyl sites for hydroxylation is 1. The van der Waals surface area contributed by atoms with Gasteiger partial charge in [0.25, 0.3) is 5.56 Å². The molecule has 2 aromatic heterocycles. The topological polar surface area (TPSA) is 174 Å². The first-order valence-corrected chi connectivity index (χ1v) is 16.9. The van der Waals surface area contributed by atoms with Gasteiger partial charge in [0.1, 0.15) is 18.9 Å². The number of imide groups is 1. The molecule has 6 rings (SSSR count). The van der Waals surface area contributed by atoms with E-state index in [4.69, 9.17) is 14.5 Å². The molecule has 1 fully saturated rings. The van der Waals surface area contributed by atoms with Gasteiger partial charge in [-0.25, -0.2) is 9.78 Å². The van der Waals surface area contributed by atoms with Crippen LogP contribution < -0.4 is 10.9 Å². The average Bonchev–Trinajstić information content (AvgIpc) is 3.59. The second-order valence-corrected chi connectivity index (χ2v) is 12.8. The number of nitrogens with zero attached hydrogens (tertiary/aromatic N) is 3. The van der Waals surface area contributed by atoms with Crippen LogP contribution in [0.3, 0.4) is 0 Å². The molecule has 2 atom stereocenters. The Morgan fingerprint density at radius 1 is 1.10 bits per heavy atom. The van der Waals surface area contributed by atoms with Crippen LogP contribution in [-0.4, -0.2) is 62.3 Å². The first-order valence-electron chi connectivity index (χ1n) is 16.9. The van der Waals surface area contributed by atoms with Crippen LogP contribution in [0.4, 0.5) is 0 Å². The summed E-state index contributed by atoms with van der Waals surface area (Å²) >= 11 is 0. The number of likely N-dealkylation sites (tertiary alicyclic amines) is 1. The largest absolute Gasteiger partial charge is 0.508 e. The molecule has 49 heavy (non-hydrogen) atoms. The van der Waals surface area contributed by atoms with Crippen molar-refractivity contribution < 1.29 is 38.6 Å². The molecule has 3 aliphatic heterocycles. The molecule has 258 valence electrons. The molecule has 13 nitrogen and oxygen atoms in total. The maximum Gasteiger partial charge on any atom is 0.355 e. The molecule has 3 aromatic rings. The Balaban J connectivity index is 1.21. The molecule has 0 radical (unpaired) electrons. The smallest absolute Gasteiger partial charge is 0.355 e. The third-order valence-corrected chi connectivity index (χ3v) is 10.3. The lowest BCUT2D eigenvalue weighted by molar-refractivity contribution is -0.189. The van der Waals surface area contributed by atoms with Crippen LogP contribution in [0, 0.1) is 11.8 Å². The number of cyclic esters (lactones) is 1. The van der Waals surface area contributed by atoms with Crippen molar-refractivity contribution in [1.82, 2.24) is 19.8 Å². The van der Waals surface area contributed by atoms with Crippen molar-refractivity contribution in [3.63, 3.8) is 0 Å². The summed E-state index contributed by atoms with van der Waals surface area (Å²) in [6, 6.07) is 6.57. The fourth-order valence-electron chi connectivity index (χ4n) is 7.58. The van der Waals surface area contributed by atoms with Gasteiger partial charge >= 0.3 is 11.9 Å². The Morgan fingerprint density at radius 3 is 2.55 bits per heavy atom. The van der Waals surface area contributed by atoms with Gasteiger partial charge in [0, 0.05) is 35.9 Å². The summed E-state index contributed by atoms with van der Waals surface area (Å²) in [6.45, 7) is 6.83. The molecule has 3 amide bonds. The third-order valence-electron chi connectivity index (χ3n) is 10.3. The van der Waals surface area contributed by atoms with Gasteiger partial charge in [-0.15, -0.1) is 0 Å². The zero-order valence-electron chi connectivity index (χ0n) is 28.1. The maximum absolute atomic E-state index is 13.9. The van der Waals surface area contributed by atoms with Crippen molar-refractivity contribution in [2.45, 2.75) is 85.0 Å². The summed E-state index contributed by atoms with van der Waals surface area (Å²) in [5.41, 5.74) is 1.50. The van der Waals surface area contributed by atoms with E-state index in [1.807, 2.05) is 20.8 Å². The van der Waals surface area contributed by atoms with E-state index in [0.717, 1.165) is 34.3 Å².